The molecule has 0 spiro atoms. The second-order valence-electron chi connectivity index (χ2n) is 5.35. The molecule has 21 heavy (non-hydrogen) atoms. The first kappa shape index (κ1) is 15.3. The van der Waals surface area contributed by atoms with Crippen LogP contribution < -0.4 is 5.84 Å². The number of rotatable bonds is 3. The van der Waals surface area contributed by atoms with Crippen molar-refractivity contribution in [3.05, 3.63) is 35.7 Å². The number of Topliss-reactive ketones (excluding diaryl/α,β-unsaturated/α-hetero) is 1. The Kier molecular flexibility index (Phi) is 4.80. The minimum atomic E-state index is -0.125. The van der Waals surface area contributed by atoms with Gasteiger partial charge in [0.15, 0.2) is 5.78 Å². The average Bonchev–Trinajstić information content (AvgIpc) is 2.64. The number of aliphatic imine (C=N–C) groups is 1. The SMILES string of the molecule is CC1=NC(CC(=O)C2=CC(=NF)CN(N)C=C2)=CCC1C. The van der Waals surface area contributed by atoms with Crippen LogP contribution in [0.15, 0.2) is 45.9 Å². The van der Waals surface area contributed by atoms with Crippen molar-refractivity contribution in [1.82, 2.24) is 5.01 Å². The molecule has 2 rings (SSSR count). The van der Waals surface area contributed by atoms with Gasteiger partial charge in [-0.2, -0.15) is 0 Å². The number of hydrazine groups is 1. The van der Waals surface area contributed by atoms with Crippen molar-refractivity contribution in [2.45, 2.75) is 26.7 Å². The van der Waals surface area contributed by atoms with Gasteiger partial charge in [0.25, 0.3) is 0 Å². The lowest BCUT2D eigenvalue weighted by atomic mass is 9.97. The largest absolute Gasteiger partial charge is 0.312 e. The molecule has 0 saturated carbocycles. The summed E-state index contributed by atoms with van der Waals surface area (Å²) in [6.07, 6.45) is 7.60. The Bertz CT molecular complexity index is 586. The number of carbonyl (C=O) groups is 1. The van der Waals surface area contributed by atoms with Crippen LogP contribution in [0.1, 0.15) is 26.7 Å². The van der Waals surface area contributed by atoms with E-state index in [0.29, 0.717) is 11.5 Å². The van der Waals surface area contributed by atoms with Crippen LogP contribution in [0.4, 0.5) is 4.48 Å². The molecule has 112 valence electrons. The number of ketones is 1. The molecule has 2 heterocycles. The van der Waals surface area contributed by atoms with Crippen molar-refractivity contribution < 1.29 is 9.28 Å². The predicted molar refractivity (Wildman–Crippen MR) is 81.3 cm³/mol. The number of hydrogen-bond acceptors (Lipinski definition) is 5. The summed E-state index contributed by atoms with van der Waals surface area (Å²) in [7, 11) is 0. The number of carbonyl (C=O) groups excluding carboxylic acids is 1. The van der Waals surface area contributed by atoms with Crippen molar-refractivity contribution in [2.24, 2.45) is 22.0 Å². The van der Waals surface area contributed by atoms with Crippen LogP contribution in [0.25, 0.3) is 0 Å². The third-order valence-corrected chi connectivity index (χ3v) is 3.62. The van der Waals surface area contributed by atoms with E-state index in [1.807, 2.05) is 13.0 Å². The van der Waals surface area contributed by atoms with Crippen molar-refractivity contribution >= 4 is 17.2 Å². The van der Waals surface area contributed by atoms with E-state index in [9.17, 15) is 9.28 Å². The maximum Gasteiger partial charge on any atom is 0.168 e. The van der Waals surface area contributed by atoms with E-state index in [0.717, 1.165) is 17.8 Å². The molecule has 1 unspecified atom stereocenters. The molecular formula is C15H19FN4O. The number of nitrogens with two attached hydrogens (primary N) is 1. The minimum Gasteiger partial charge on any atom is -0.312 e. The number of hydrogen-bond donors (Lipinski definition) is 1. The zero-order valence-electron chi connectivity index (χ0n) is 12.2. The Labute approximate surface area is 123 Å². The van der Waals surface area contributed by atoms with Gasteiger partial charge in [0.1, 0.15) is 0 Å². The summed E-state index contributed by atoms with van der Waals surface area (Å²) in [4.78, 5) is 16.8. The van der Waals surface area contributed by atoms with E-state index in [1.165, 1.54) is 17.3 Å². The van der Waals surface area contributed by atoms with Crippen LogP contribution in [0.2, 0.25) is 0 Å². The predicted octanol–water partition coefficient (Wildman–Crippen LogP) is 2.29. The number of allylic oxidation sites excluding steroid dienone is 4. The molecule has 0 aromatic heterocycles. The van der Waals surface area contributed by atoms with Crippen LogP contribution in [0, 0.1) is 5.92 Å². The first-order chi connectivity index (χ1) is 9.99. The fourth-order valence-corrected chi connectivity index (χ4v) is 2.16. The van der Waals surface area contributed by atoms with Crippen LogP contribution in [-0.2, 0) is 4.79 Å². The zero-order valence-corrected chi connectivity index (χ0v) is 12.2. The molecule has 5 nitrogen and oxygen atoms in total. The van der Waals surface area contributed by atoms with E-state index < -0.39 is 0 Å². The lowest BCUT2D eigenvalue weighted by Gasteiger charge is -2.15. The lowest BCUT2D eigenvalue weighted by molar-refractivity contribution is -0.114. The molecule has 0 aromatic rings. The molecule has 0 aliphatic carbocycles. The van der Waals surface area contributed by atoms with Gasteiger partial charge in [-0.05, 0) is 31.4 Å². The highest BCUT2D eigenvalue weighted by molar-refractivity contribution is 6.08. The fourth-order valence-electron chi connectivity index (χ4n) is 2.16. The minimum absolute atomic E-state index is 0.122. The lowest BCUT2D eigenvalue weighted by Crippen LogP contribution is -2.29. The zero-order chi connectivity index (χ0) is 15.4. The highest BCUT2D eigenvalue weighted by Crippen LogP contribution is 2.21. The maximum atomic E-state index is 12.5. The molecule has 6 heteroatoms. The highest BCUT2D eigenvalue weighted by Gasteiger charge is 2.17. The highest BCUT2D eigenvalue weighted by atomic mass is 19.2. The Hall–Kier alpha value is -2.08. The Morgan fingerprint density at radius 1 is 1.62 bits per heavy atom. The summed E-state index contributed by atoms with van der Waals surface area (Å²) in [6.45, 7) is 4.19. The van der Waals surface area contributed by atoms with E-state index in [4.69, 9.17) is 5.84 Å². The maximum absolute atomic E-state index is 12.5. The third kappa shape index (κ3) is 3.95. The van der Waals surface area contributed by atoms with Crippen LogP contribution in [0.3, 0.4) is 0 Å². The molecule has 0 radical (unpaired) electrons. The van der Waals surface area contributed by atoms with Gasteiger partial charge in [0.05, 0.1) is 18.7 Å². The van der Waals surface area contributed by atoms with Gasteiger partial charge < -0.3 is 5.01 Å². The van der Waals surface area contributed by atoms with Crippen LogP contribution in [0.5, 0.6) is 0 Å². The van der Waals surface area contributed by atoms with Crippen molar-refractivity contribution in [3.63, 3.8) is 0 Å². The molecule has 0 saturated heterocycles. The summed E-state index contributed by atoms with van der Waals surface area (Å²) >= 11 is 0. The van der Waals surface area contributed by atoms with Gasteiger partial charge in [0, 0.05) is 23.2 Å². The van der Waals surface area contributed by atoms with E-state index in [1.54, 1.807) is 6.08 Å². The average molecular weight is 290 g/mol. The molecule has 0 amide bonds. The van der Waals surface area contributed by atoms with Crippen LogP contribution >= 0.6 is 0 Å². The summed E-state index contributed by atoms with van der Waals surface area (Å²) in [6, 6.07) is 0. The van der Waals surface area contributed by atoms with Crippen LogP contribution in [-0.4, -0.2) is 28.8 Å². The molecule has 1 atom stereocenters. The summed E-state index contributed by atoms with van der Waals surface area (Å²) in [5.74, 6) is 5.89. The normalized spacial score (nSPS) is 24.4. The molecule has 2 N–H and O–H groups in total. The monoisotopic (exact) mass is 290 g/mol. The van der Waals surface area contributed by atoms with Gasteiger partial charge in [-0.1, -0.05) is 22.7 Å². The molecule has 0 aromatic carbocycles. The van der Waals surface area contributed by atoms with E-state index in [2.05, 4.69) is 17.1 Å². The summed E-state index contributed by atoms with van der Waals surface area (Å²) in [5, 5.41) is 3.92. The number of halogens is 1. The number of nitrogens with zero attached hydrogens (tertiary/aromatic N) is 3. The quantitative estimate of drug-likeness (QED) is 0.811. The third-order valence-electron chi connectivity index (χ3n) is 3.62. The smallest absolute Gasteiger partial charge is 0.168 e. The molecule has 0 fully saturated rings. The second kappa shape index (κ2) is 6.58. The first-order valence-electron chi connectivity index (χ1n) is 6.86. The standard InChI is InChI=1S/C15H19FN4O/c1-10-3-4-13(18-11(10)2)8-15(21)12-5-6-20(17)9-14(7-12)19-16/h4-7,10H,3,8-9,17H2,1-2H3. The van der Waals surface area contributed by atoms with Gasteiger partial charge in [-0.15, -0.1) is 0 Å². The molecule has 2 aliphatic heterocycles. The first-order valence-corrected chi connectivity index (χ1v) is 6.86. The van der Waals surface area contributed by atoms with Crippen molar-refractivity contribution in [3.8, 4) is 0 Å². The summed E-state index contributed by atoms with van der Waals surface area (Å²) in [5.41, 5.74) is 2.30. The Morgan fingerprint density at radius 3 is 3.05 bits per heavy atom. The Morgan fingerprint density at radius 2 is 2.38 bits per heavy atom. The van der Waals surface area contributed by atoms with Crippen molar-refractivity contribution in [2.75, 3.05) is 6.54 Å². The second-order valence-corrected chi connectivity index (χ2v) is 5.35. The summed E-state index contributed by atoms with van der Waals surface area (Å²) < 4.78 is 12.5. The van der Waals surface area contributed by atoms with Gasteiger partial charge >= 0.3 is 0 Å². The van der Waals surface area contributed by atoms with E-state index >= 15 is 0 Å². The molecule has 2 aliphatic rings. The topological polar surface area (TPSA) is 71.0 Å². The van der Waals surface area contributed by atoms with Gasteiger partial charge in [-0.3, -0.25) is 9.79 Å². The van der Waals surface area contributed by atoms with E-state index in [-0.39, 0.29) is 24.5 Å². The fraction of sp³-hybridized carbons (Fsp3) is 0.400. The van der Waals surface area contributed by atoms with Crippen molar-refractivity contribution in [1.29, 1.82) is 0 Å². The molecular weight excluding hydrogens is 271 g/mol. The Balaban J connectivity index is 2.13. The molecule has 0 bridgehead atoms. The van der Waals surface area contributed by atoms with Gasteiger partial charge in [0.2, 0.25) is 0 Å². The van der Waals surface area contributed by atoms with Gasteiger partial charge in [-0.25, -0.2) is 5.84 Å².